The Balaban J connectivity index is 1.64. The first-order chi connectivity index (χ1) is 9.21. The van der Waals surface area contributed by atoms with Gasteiger partial charge in [0, 0.05) is 20.0 Å². The highest BCUT2D eigenvalue weighted by molar-refractivity contribution is 5.73. The molecule has 0 bridgehead atoms. The van der Waals surface area contributed by atoms with Gasteiger partial charge in [-0.3, -0.25) is 0 Å². The fourth-order valence-corrected chi connectivity index (χ4v) is 2.58. The lowest BCUT2D eigenvalue weighted by Crippen LogP contribution is -2.38. The number of hydrogen-bond acceptors (Lipinski definition) is 4. The van der Waals surface area contributed by atoms with E-state index in [9.17, 15) is 0 Å². The number of rotatable bonds is 4. The SMILES string of the molecule is Cc1nc2cc(CNCC3(C#N)CCC3)ccc2o1. The monoisotopic (exact) mass is 255 g/mol. The smallest absolute Gasteiger partial charge is 0.192 e. The molecular formula is C15H17N3O. The molecule has 0 amide bonds. The van der Waals surface area contributed by atoms with Crippen LogP contribution in [-0.2, 0) is 6.54 Å². The Morgan fingerprint density at radius 1 is 1.47 bits per heavy atom. The lowest BCUT2D eigenvalue weighted by atomic mass is 9.70. The normalized spacial score (nSPS) is 17.1. The fraction of sp³-hybridized carbons (Fsp3) is 0.467. The zero-order valence-electron chi connectivity index (χ0n) is 11.1. The van der Waals surface area contributed by atoms with Crippen molar-refractivity contribution < 1.29 is 4.42 Å². The van der Waals surface area contributed by atoms with E-state index >= 15 is 0 Å². The Kier molecular flexibility index (Phi) is 3.00. The van der Waals surface area contributed by atoms with Gasteiger partial charge in [0.1, 0.15) is 5.52 Å². The maximum absolute atomic E-state index is 9.17. The quantitative estimate of drug-likeness (QED) is 0.912. The van der Waals surface area contributed by atoms with Gasteiger partial charge in [-0.05, 0) is 30.5 Å². The Morgan fingerprint density at radius 2 is 2.32 bits per heavy atom. The van der Waals surface area contributed by atoms with Crippen LogP contribution < -0.4 is 5.32 Å². The van der Waals surface area contributed by atoms with E-state index in [2.05, 4.69) is 16.4 Å². The molecular weight excluding hydrogens is 238 g/mol. The number of fused-ring (bicyclic) bond motifs is 1. The molecule has 0 saturated heterocycles. The molecule has 0 unspecified atom stereocenters. The van der Waals surface area contributed by atoms with Gasteiger partial charge in [0.25, 0.3) is 0 Å². The maximum Gasteiger partial charge on any atom is 0.192 e. The van der Waals surface area contributed by atoms with E-state index in [-0.39, 0.29) is 5.41 Å². The van der Waals surface area contributed by atoms with Gasteiger partial charge < -0.3 is 9.73 Å². The van der Waals surface area contributed by atoms with Gasteiger partial charge in [0.2, 0.25) is 0 Å². The van der Waals surface area contributed by atoms with Crippen LogP contribution in [0.2, 0.25) is 0 Å². The molecule has 1 N–H and O–H groups in total. The second-order valence-corrected chi connectivity index (χ2v) is 5.38. The third kappa shape index (κ3) is 2.34. The van der Waals surface area contributed by atoms with Crippen molar-refractivity contribution in [2.45, 2.75) is 32.7 Å². The zero-order valence-corrected chi connectivity index (χ0v) is 11.1. The minimum Gasteiger partial charge on any atom is -0.441 e. The van der Waals surface area contributed by atoms with Gasteiger partial charge >= 0.3 is 0 Å². The van der Waals surface area contributed by atoms with Gasteiger partial charge in [0.15, 0.2) is 11.5 Å². The lowest BCUT2D eigenvalue weighted by molar-refractivity contribution is 0.206. The van der Waals surface area contributed by atoms with Crippen molar-refractivity contribution in [1.29, 1.82) is 5.26 Å². The number of benzene rings is 1. The average Bonchev–Trinajstić information content (AvgIpc) is 2.72. The van der Waals surface area contributed by atoms with Gasteiger partial charge in [-0.2, -0.15) is 5.26 Å². The molecule has 1 saturated carbocycles. The lowest BCUT2D eigenvalue weighted by Gasteiger charge is -2.35. The highest BCUT2D eigenvalue weighted by atomic mass is 16.3. The summed E-state index contributed by atoms with van der Waals surface area (Å²) in [6.07, 6.45) is 3.23. The number of nitriles is 1. The number of aryl methyl sites for hydroxylation is 1. The number of nitrogens with zero attached hydrogens (tertiary/aromatic N) is 2. The van der Waals surface area contributed by atoms with Gasteiger partial charge in [-0.15, -0.1) is 0 Å². The Hall–Kier alpha value is -1.86. The molecule has 1 fully saturated rings. The second kappa shape index (κ2) is 4.67. The largest absolute Gasteiger partial charge is 0.441 e. The first kappa shape index (κ1) is 12.2. The average molecular weight is 255 g/mol. The first-order valence-corrected chi connectivity index (χ1v) is 6.69. The molecule has 3 rings (SSSR count). The highest BCUT2D eigenvalue weighted by Gasteiger charge is 2.36. The first-order valence-electron chi connectivity index (χ1n) is 6.69. The molecule has 1 aliphatic rings. The number of hydrogen-bond donors (Lipinski definition) is 1. The van der Waals surface area contributed by atoms with Crippen LogP contribution in [0.25, 0.3) is 11.1 Å². The van der Waals surface area contributed by atoms with Crippen molar-refractivity contribution in [3.63, 3.8) is 0 Å². The number of aromatic nitrogens is 1. The van der Waals surface area contributed by atoms with Crippen molar-refractivity contribution in [3.8, 4) is 6.07 Å². The molecule has 0 radical (unpaired) electrons. The van der Waals surface area contributed by atoms with E-state index < -0.39 is 0 Å². The topological polar surface area (TPSA) is 61.9 Å². The van der Waals surface area contributed by atoms with E-state index in [1.165, 1.54) is 12.0 Å². The Bertz CT molecular complexity index is 634. The molecule has 0 atom stereocenters. The van der Waals surface area contributed by atoms with E-state index in [1.54, 1.807) is 0 Å². The van der Waals surface area contributed by atoms with Gasteiger partial charge in [-0.25, -0.2) is 4.98 Å². The summed E-state index contributed by atoms with van der Waals surface area (Å²) >= 11 is 0. The minimum atomic E-state index is -0.116. The van der Waals surface area contributed by atoms with E-state index in [0.717, 1.165) is 37.0 Å². The predicted molar refractivity (Wildman–Crippen MR) is 72.3 cm³/mol. The van der Waals surface area contributed by atoms with Crippen molar-refractivity contribution in [2.75, 3.05) is 6.54 Å². The summed E-state index contributed by atoms with van der Waals surface area (Å²) in [5.41, 5.74) is 2.78. The minimum absolute atomic E-state index is 0.116. The van der Waals surface area contributed by atoms with Crippen LogP contribution in [0.5, 0.6) is 0 Å². The van der Waals surface area contributed by atoms with Crippen LogP contribution in [0.15, 0.2) is 22.6 Å². The summed E-state index contributed by atoms with van der Waals surface area (Å²) in [5.74, 6) is 0.693. The molecule has 1 aliphatic carbocycles. The zero-order chi connectivity index (χ0) is 13.3. The maximum atomic E-state index is 9.17. The summed E-state index contributed by atoms with van der Waals surface area (Å²) < 4.78 is 5.45. The number of oxazole rings is 1. The highest BCUT2D eigenvalue weighted by Crippen LogP contribution is 2.39. The van der Waals surface area contributed by atoms with Gasteiger partial charge in [0.05, 0.1) is 11.5 Å². The predicted octanol–water partition coefficient (Wildman–Crippen LogP) is 2.92. The van der Waals surface area contributed by atoms with Crippen molar-refractivity contribution in [2.24, 2.45) is 5.41 Å². The Labute approximate surface area is 112 Å². The van der Waals surface area contributed by atoms with E-state index in [4.69, 9.17) is 9.68 Å². The summed E-state index contributed by atoms with van der Waals surface area (Å²) in [6.45, 7) is 3.40. The van der Waals surface area contributed by atoms with Crippen LogP contribution >= 0.6 is 0 Å². The van der Waals surface area contributed by atoms with E-state index in [0.29, 0.717) is 5.89 Å². The van der Waals surface area contributed by atoms with Crippen LogP contribution in [0, 0.1) is 23.7 Å². The fourth-order valence-electron chi connectivity index (χ4n) is 2.58. The molecule has 0 aliphatic heterocycles. The third-order valence-electron chi connectivity index (χ3n) is 3.90. The van der Waals surface area contributed by atoms with Crippen molar-refractivity contribution >= 4 is 11.1 Å². The summed E-state index contributed by atoms with van der Waals surface area (Å²) in [6, 6.07) is 8.48. The molecule has 98 valence electrons. The third-order valence-corrected chi connectivity index (χ3v) is 3.90. The van der Waals surface area contributed by atoms with E-state index in [1.807, 2.05) is 25.1 Å². The van der Waals surface area contributed by atoms with Crippen LogP contribution in [-0.4, -0.2) is 11.5 Å². The van der Waals surface area contributed by atoms with Crippen molar-refractivity contribution in [3.05, 3.63) is 29.7 Å². The van der Waals surface area contributed by atoms with Crippen molar-refractivity contribution in [1.82, 2.24) is 10.3 Å². The number of nitrogens with one attached hydrogen (secondary N) is 1. The second-order valence-electron chi connectivity index (χ2n) is 5.38. The molecule has 19 heavy (non-hydrogen) atoms. The molecule has 1 aromatic heterocycles. The van der Waals surface area contributed by atoms with Crippen LogP contribution in [0.4, 0.5) is 0 Å². The molecule has 1 aromatic carbocycles. The molecule has 2 aromatic rings. The van der Waals surface area contributed by atoms with Gasteiger partial charge in [-0.1, -0.05) is 12.5 Å². The van der Waals surface area contributed by atoms with Crippen LogP contribution in [0.3, 0.4) is 0 Å². The summed E-state index contributed by atoms with van der Waals surface area (Å²) in [7, 11) is 0. The summed E-state index contributed by atoms with van der Waals surface area (Å²) in [4.78, 5) is 4.33. The summed E-state index contributed by atoms with van der Waals surface area (Å²) in [5, 5.41) is 12.6. The van der Waals surface area contributed by atoms with Crippen LogP contribution in [0.1, 0.15) is 30.7 Å². The standard InChI is InChI=1S/C15H17N3O/c1-11-18-13-7-12(3-4-14(13)19-11)8-17-10-15(9-16)5-2-6-15/h3-4,7,17H,2,5-6,8,10H2,1H3. The molecule has 4 nitrogen and oxygen atoms in total. The molecule has 4 heteroatoms. The molecule has 1 heterocycles. The molecule has 0 spiro atoms. The Morgan fingerprint density at radius 3 is 3.00 bits per heavy atom.